The van der Waals surface area contributed by atoms with Crippen LogP contribution in [0.15, 0.2) is 109 Å². The van der Waals surface area contributed by atoms with E-state index in [0.717, 1.165) is 11.1 Å². The van der Waals surface area contributed by atoms with E-state index in [4.69, 9.17) is 66.3 Å². The molecule has 6 aromatic carbocycles. The summed E-state index contributed by atoms with van der Waals surface area (Å²) in [6, 6.07) is 30.5. The molecule has 4 amide bonds. The molecule has 6 atom stereocenters. The first-order chi connectivity index (χ1) is 49.5. The van der Waals surface area contributed by atoms with Crippen LogP contribution >= 0.6 is 0 Å². The number of likely N-dealkylation sites (tertiary alicyclic amines) is 2. The summed E-state index contributed by atoms with van der Waals surface area (Å²) in [5.74, 6) is 1.68. The van der Waals surface area contributed by atoms with Gasteiger partial charge in [0.2, 0.25) is 23.3 Å². The fourth-order valence-corrected chi connectivity index (χ4v) is 13.1. The average molecular weight is 1410 g/mol. The highest BCUT2D eigenvalue weighted by atomic mass is 16.6. The van der Waals surface area contributed by atoms with Gasteiger partial charge in [0, 0.05) is 26.2 Å². The van der Waals surface area contributed by atoms with Gasteiger partial charge in [-0.3, -0.25) is 19.2 Å². The second kappa shape index (κ2) is 38.5. The maximum absolute atomic E-state index is 14.7. The van der Waals surface area contributed by atoms with Gasteiger partial charge in [-0.2, -0.15) is 0 Å². The number of carbonyl (C=O) groups is 6. The van der Waals surface area contributed by atoms with Crippen LogP contribution in [0.1, 0.15) is 135 Å². The highest BCUT2D eigenvalue weighted by molar-refractivity contribution is 5.90. The van der Waals surface area contributed by atoms with Crippen LogP contribution in [0.3, 0.4) is 0 Å². The molecule has 8 rings (SSSR count). The summed E-state index contributed by atoms with van der Waals surface area (Å²) < 4.78 is 80.7. The van der Waals surface area contributed by atoms with Gasteiger partial charge in [0.25, 0.3) is 11.8 Å². The van der Waals surface area contributed by atoms with Crippen molar-refractivity contribution in [2.75, 3.05) is 110 Å². The average Bonchev–Trinajstić information content (AvgIpc) is 0.796. The number of esters is 2. The largest absolute Gasteiger partial charge is 0.493 e. The van der Waals surface area contributed by atoms with Crippen LogP contribution in [0.4, 0.5) is 0 Å². The Morgan fingerprint density at radius 1 is 0.412 bits per heavy atom. The van der Waals surface area contributed by atoms with Crippen LogP contribution < -0.4 is 67.5 Å². The molecule has 102 heavy (non-hydrogen) atoms. The van der Waals surface area contributed by atoms with Gasteiger partial charge in [-0.25, -0.2) is 9.59 Å². The van der Waals surface area contributed by atoms with Crippen molar-refractivity contribution in [2.24, 2.45) is 0 Å². The molecule has 0 bridgehead atoms. The molecule has 2 N–H and O–H groups in total. The first kappa shape index (κ1) is 77.5. The first-order valence-corrected chi connectivity index (χ1v) is 34.5. The molecule has 0 radical (unpaired) electrons. The third-order valence-corrected chi connectivity index (χ3v) is 18.5. The molecule has 0 saturated carbocycles. The number of piperidine rings is 2. The second-order valence-electron chi connectivity index (χ2n) is 24.7. The lowest BCUT2D eigenvalue weighted by molar-refractivity contribution is -0.162. The summed E-state index contributed by atoms with van der Waals surface area (Å²) >= 11 is 0. The van der Waals surface area contributed by atoms with E-state index in [1.807, 2.05) is 62.4 Å². The molecular weight excluding hydrogens is 1310 g/mol. The number of carbonyl (C=O) groups excluding carboxylic acids is 6. The zero-order valence-corrected chi connectivity index (χ0v) is 60.6. The van der Waals surface area contributed by atoms with E-state index in [2.05, 4.69) is 10.6 Å². The number of rotatable bonds is 37. The van der Waals surface area contributed by atoms with Crippen LogP contribution in [0.2, 0.25) is 0 Å². The van der Waals surface area contributed by atoms with Crippen molar-refractivity contribution in [1.29, 1.82) is 0 Å². The first-order valence-electron chi connectivity index (χ1n) is 34.5. The normalized spacial score (nSPS) is 15.4. The Morgan fingerprint density at radius 3 is 1.11 bits per heavy atom. The highest BCUT2D eigenvalue weighted by Gasteiger charge is 2.40. The molecule has 0 spiro atoms. The molecule has 3 unspecified atom stereocenters. The summed E-state index contributed by atoms with van der Waals surface area (Å²) in [7, 11) is 15.3. The fraction of sp³-hybridized carbons (Fsp3) is 0.462. The van der Waals surface area contributed by atoms with E-state index < -0.39 is 59.9 Å². The van der Waals surface area contributed by atoms with Gasteiger partial charge in [-0.15, -0.1) is 0 Å². The summed E-state index contributed by atoms with van der Waals surface area (Å²) in [4.78, 5) is 88.3. The van der Waals surface area contributed by atoms with Crippen LogP contribution in [-0.2, 0) is 51.1 Å². The smallest absolute Gasteiger partial charge is 0.329 e. The van der Waals surface area contributed by atoms with Gasteiger partial charge in [-0.1, -0.05) is 50.2 Å². The van der Waals surface area contributed by atoms with Crippen LogP contribution in [-0.4, -0.2) is 168 Å². The molecule has 2 heterocycles. The van der Waals surface area contributed by atoms with Crippen molar-refractivity contribution in [2.45, 2.75) is 127 Å². The van der Waals surface area contributed by atoms with E-state index in [1.54, 1.807) is 98.9 Å². The molecule has 2 saturated heterocycles. The Kier molecular flexibility index (Phi) is 29.3. The van der Waals surface area contributed by atoms with E-state index in [0.29, 0.717) is 181 Å². The third kappa shape index (κ3) is 19.8. The number of hydrogen-bond acceptors (Lipinski definition) is 20. The number of nitrogens with one attached hydrogen (secondary N) is 2. The molecule has 6 aromatic rings. The van der Waals surface area contributed by atoms with Gasteiger partial charge in [0.15, 0.2) is 59.2 Å². The van der Waals surface area contributed by atoms with Gasteiger partial charge in [0.05, 0.1) is 82.9 Å². The van der Waals surface area contributed by atoms with Crippen LogP contribution in [0.5, 0.6) is 69.0 Å². The minimum Gasteiger partial charge on any atom is -0.493 e. The van der Waals surface area contributed by atoms with Gasteiger partial charge >= 0.3 is 11.9 Å². The van der Waals surface area contributed by atoms with E-state index >= 15 is 0 Å². The molecule has 24 nitrogen and oxygen atoms in total. The summed E-state index contributed by atoms with van der Waals surface area (Å²) in [6.07, 6.45) is 4.54. The zero-order valence-electron chi connectivity index (χ0n) is 60.6. The lowest BCUT2D eigenvalue weighted by Crippen LogP contribution is -2.50. The lowest BCUT2D eigenvalue weighted by Gasteiger charge is -2.37. The molecule has 2 aliphatic heterocycles. The topological polar surface area (TPSA) is 262 Å². The van der Waals surface area contributed by atoms with E-state index in [9.17, 15) is 28.8 Å². The second-order valence-corrected chi connectivity index (χ2v) is 24.7. The molecule has 24 heteroatoms. The Hall–Kier alpha value is -10.3. The lowest BCUT2D eigenvalue weighted by atomic mass is 9.91. The summed E-state index contributed by atoms with van der Waals surface area (Å²) in [5.41, 5.74) is 4.34. The Labute approximate surface area is 597 Å². The highest BCUT2D eigenvalue weighted by Crippen LogP contribution is 2.44. The van der Waals surface area contributed by atoms with Crippen molar-refractivity contribution in [3.8, 4) is 69.0 Å². The van der Waals surface area contributed by atoms with Crippen molar-refractivity contribution in [1.82, 2.24) is 20.4 Å². The molecule has 0 aromatic heterocycles. The zero-order chi connectivity index (χ0) is 73.2. The fourth-order valence-electron chi connectivity index (χ4n) is 13.1. The molecule has 2 fully saturated rings. The standard InChI is InChI=1S/C78H98N4O20/c1-13-57(53-43-67(93-7)73(97-11)68(44-53)94-8)75(85)81-37-17-15-25-59(81)77(87)101-61(31-27-49-29-33-63(89-3)65(39-49)91-5)51-21-19-23-55(41-51)99-47-71(83)79-35-36-80-72(84)48-100-56-24-20-22-52(42-56)62(32-28-50-30-34-64(90-4)66(40-50)92-6)102-78(88)60-26-16-18-38-82(60)76(86)58(14-2)54-45-69(95-9)74(98-12)70(46-54)96-10/h19-24,29-30,33-34,39-46,57-62H,13-18,25-28,31-32,35-38,47-48H2,1-12H3,(H,79,83)(H,80,84)/t57-,58-,59?,60?,61-,62?/m1/s1. The Balaban J connectivity index is 0.885. The number of amides is 4. The van der Waals surface area contributed by atoms with Crippen molar-refractivity contribution in [3.63, 3.8) is 0 Å². The predicted molar refractivity (Wildman–Crippen MR) is 380 cm³/mol. The molecule has 0 aliphatic carbocycles. The molecule has 550 valence electrons. The quantitative estimate of drug-likeness (QED) is 0.0271. The number of ether oxygens (including phenoxy) is 14. The van der Waals surface area contributed by atoms with Gasteiger partial charge < -0.3 is 86.7 Å². The number of nitrogens with zero attached hydrogens (tertiary/aromatic N) is 2. The van der Waals surface area contributed by atoms with Gasteiger partial charge in [-0.05, 0) is 183 Å². The summed E-state index contributed by atoms with van der Waals surface area (Å²) in [5, 5.41) is 5.55. The Morgan fingerprint density at radius 2 is 0.775 bits per heavy atom. The van der Waals surface area contributed by atoms with Gasteiger partial charge in [0.1, 0.15) is 35.8 Å². The minimum atomic E-state index is -0.860. The van der Waals surface area contributed by atoms with E-state index in [-0.39, 0.29) is 38.1 Å². The maximum atomic E-state index is 14.7. The van der Waals surface area contributed by atoms with E-state index in [1.165, 1.54) is 42.7 Å². The monoisotopic (exact) mass is 1410 g/mol. The third-order valence-electron chi connectivity index (χ3n) is 18.5. The van der Waals surface area contributed by atoms with Crippen molar-refractivity contribution < 1.29 is 95.1 Å². The number of hydrogen-bond donors (Lipinski definition) is 2. The van der Waals surface area contributed by atoms with Crippen molar-refractivity contribution >= 4 is 35.6 Å². The summed E-state index contributed by atoms with van der Waals surface area (Å²) in [6.45, 7) is 3.97. The Bertz CT molecular complexity index is 3510. The van der Waals surface area contributed by atoms with Crippen LogP contribution in [0.25, 0.3) is 0 Å². The molecular formula is C78H98N4O20. The number of aryl methyl sites for hydroxylation is 2. The predicted octanol–water partition coefficient (Wildman–Crippen LogP) is 11.0. The number of methoxy groups -OCH3 is 10. The SMILES string of the molecule is CC[C@@H](C(=O)N1CCCCC1C(=O)OC(CCc1ccc(OC)c(OC)c1)c1cccc(OCC(=O)NCCNC(=O)COc2cccc([C@@H](CCc3ccc(OC)c(OC)c3)OC(=O)C3CCCCN3C(=O)[C@H](CC)c3cc(OC)c(OC)c(OC)c3)c2)c1)c1cc(OC)c(OC)c(OC)c1. The van der Waals surface area contributed by atoms with Crippen LogP contribution in [0, 0.1) is 0 Å². The number of benzene rings is 6. The molecule has 2 aliphatic rings. The maximum Gasteiger partial charge on any atom is 0.329 e. The minimum absolute atomic E-state index is 0.0705. The van der Waals surface area contributed by atoms with Crippen molar-refractivity contribution in [3.05, 3.63) is 143 Å².